The first kappa shape index (κ1) is 30.1. The summed E-state index contributed by atoms with van der Waals surface area (Å²) < 4.78 is 5.23. The molecule has 0 unspecified atom stereocenters. The SMILES string of the molecule is CCN(CCN(C)C(C)C)C(=O)[C@@H](Cc1ccc2[nH]c(=O)oc2c1)NC(=O)N1CCC2(CC1)NC(=O)Nc1ccccc12. The Kier molecular flexibility index (Phi) is 8.77. The van der Waals surface area contributed by atoms with E-state index in [1.54, 1.807) is 21.9 Å². The molecule has 5 amide bonds. The minimum atomic E-state index is -0.824. The van der Waals surface area contributed by atoms with Crippen LogP contribution < -0.4 is 21.7 Å². The van der Waals surface area contributed by atoms with E-state index >= 15 is 0 Å². The third kappa shape index (κ3) is 6.53. The number of oxazole rings is 1. The van der Waals surface area contributed by atoms with Crippen LogP contribution in [-0.2, 0) is 16.8 Å². The van der Waals surface area contributed by atoms with E-state index < -0.39 is 17.3 Å². The molecule has 1 saturated heterocycles. The van der Waals surface area contributed by atoms with E-state index in [1.165, 1.54) is 0 Å². The fourth-order valence-electron chi connectivity index (χ4n) is 5.91. The van der Waals surface area contributed by atoms with Crippen molar-refractivity contribution in [3.8, 4) is 0 Å². The molecule has 0 aliphatic carbocycles. The normalized spacial score (nSPS) is 16.6. The quantitative estimate of drug-likeness (QED) is 0.301. The van der Waals surface area contributed by atoms with Crippen molar-refractivity contribution in [3.05, 3.63) is 64.1 Å². The summed E-state index contributed by atoms with van der Waals surface area (Å²) in [6, 6.07) is 12.0. The fourth-order valence-corrected chi connectivity index (χ4v) is 5.91. The van der Waals surface area contributed by atoms with Gasteiger partial charge in [-0.25, -0.2) is 14.4 Å². The zero-order chi connectivity index (χ0) is 30.7. The molecule has 1 fully saturated rings. The lowest BCUT2D eigenvalue weighted by Crippen LogP contribution is -2.60. The van der Waals surface area contributed by atoms with Gasteiger partial charge in [-0.15, -0.1) is 0 Å². The van der Waals surface area contributed by atoms with Gasteiger partial charge in [-0.1, -0.05) is 24.3 Å². The number of nitrogens with one attached hydrogen (secondary N) is 4. The van der Waals surface area contributed by atoms with E-state index in [1.807, 2.05) is 44.3 Å². The van der Waals surface area contributed by atoms with Gasteiger partial charge < -0.3 is 35.1 Å². The second kappa shape index (κ2) is 12.5. The Morgan fingerprint density at radius 3 is 2.56 bits per heavy atom. The van der Waals surface area contributed by atoms with E-state index in [2.05, 4.69) is 39.7 Å². The van der Waals surface area contributed by atoms with E-state index in [0.29, 0.717) is 62.7 Å². The van der Waals surface area contributed by atoms with Crippen LogP contribution in [0.25, 0.3) is 11.1 Å². The summed E-state index contributed by atoms with van der Waals surface area (Å²) in [5.74, 6) is -0.716. The predicted octanol–water partition coefficient (Wildman–Crippen LogP) is 3.06. The van der Waals surface area contributed by atoms with Gasteiger partial charge in [-0.05, 0) is 64.4 Å². The first-order chi connectivity index (χ1) is 20.6. The molecular weight excluding hydrogens is 550 g/mol. The van der Waals surface area contributed by atoms with Crippen LogP contribution in [0, 0.1) is 0 Å². The molecule has 2 aliphatic rings. The monoisotopic (exact) mass is 591 g/mol. The number of H-pyrrole nitrogens is 1. The Hall–Kier alpha value is -4.32. The van der Waals surface area contributed by atoms with Crippen LogP contribution in [0.4, 0.5) is 15.3 Å². The summed E-state index contributed by atoms with van der Waals surface area (Å²) in [7, 11) is 2.02. The van der Waals surface area contributed by atoms with Gasteiger partial charge in [0.1, 0.15) is 6.04 Å². The van der Waals surface area contributed by atoms with Gasteiger partial charge in [0.2, 0.25) is 5.91 Å². The highest BCUT2D eigenvalue weighted by atomic mass is 16.4. The van der Waals surface area contributed by atoms with Crippen LogP contribution in [0.5, 0.6) is 0 Å². The molecular formula is C31H41N7O5. The topological polar surface area (TPSA) is 143 Å². The van der Waals surface area contributed by atoms with Crippen molar-refractivity contribution in [2.24, 2.45) is 0 Å². The van der Waals surface area contributed by atoms with Gasteiger partial charge in [-0.2, -0.15) is 0 Å². The molecule has 1 aromatic heterocycles. The number of aromatic nitrogens is 1. The molecule has 4 N–H and O–H groups in total. The molecule has 12 nitrogen and oxygen atoms in total. The Morgan fingerprint density at radius 2 is 1.84 bits per heavy atom. The average molecular weight is 592 g/mol. The Labute approximate surface area is 250 Å². The van der Waals surface area contributed by atoms with E-state index in [0.717, 1.165) is 16.8 Å². The summed E-state index contributed by atoms with van der Waals surface area (Å²) in [6.45, 7) is 8.71. The van der Waals surface area contributed by atoms with Gasteiger partial charge in [-0.3, -0.25) is 9.78 Å². The number of likely N-dealkylation sites (tertiary alicyclic amines) is 1. The summed E-state index contributed by atoms with van der Waals surface area (Å²) in [5.41, 5.74) is 2.98. The Bertz CT molecular complexity index is 1540. The number of aromatic amines is 1. The van der Waals surface area contributed by atoms with Crippen LogP contribution in [0.1, 0.15) is 44.7 Å². The number of hydrogen-bond acceptors (Lipinski definition) is 6. The summed E-state index contributed by atoms with van der Waals surface area (Å²) >= 11 is 0. The van der Waals surface area contributed by atoms with Gasteiger partial charge in [0.25, 0.3) is 0 Å². The van der Waals surface area contributed by atoms with Crippen LogP contribution in [0.2, 0.25) is 0 Å². The summed E-state index contributed by atoms with van der Waals surface area (Å²) in [5, 5.41) is 8.98. The van der Waals surface area contributed by atoms with E-state index in [9.17, 15) is 19.2 Å². The highest BCUT2D eigenvalue weighted by molar-refractivity contribution is 5.94. The number of benzene rings is 2. The van der Waals surface area contributed by atoms with Gasteiger partial charge in [0.05, 0.1) is 11.1 Å². The standard InChI is InChI=1S/C31H41N7O5/c1-5-37(17-16-36(4)20(2)3)27(39)25(18-21-10-11-24-26(19-21)43-30(42)34-24)33-29(41)38-14-12-31(13-15-38)22-8-6-7-9-23(22)32-28(40)35-31/h6-11,19-20,25H,5,12-18H2,1-4H3,(H,33,41)(H,34,42)(H2,32,35,40)/t25-/m1/s1. The maximum atomic E-state index is 13.9. The number of fused-ring (bicyclic) bond motifs is 3. The van der Waals surface area contributed by atoms with Crippen LogP contribution in [-0.4, -0.2) is 89.5 Å². The molecule has 0 bridgehead atoms. The molecule has 5 rings (SSSR count). The second-order valence-electron chi connectivity index (χ2n) is 11.7. The predicted molar refractivity (Wildman–Crippen MR) is 164 cm³/mol. The van der Waals surface area contributed by atoms with Gasteiger partial charge in [0.15, 0.2) is 5.58 Å². The molecule has 230 valence electrons. The Morgan fingerprint density at radius 1 is 1.09 bits per heavy atom. The molecule has 43 heavy (non-hydrogen) atoms. The first-order valence-corrected chi connectivity index (χ1v) is 14.9. The third-order valence-electron chi connectivity index (χ3n) is 8.77. The molecule has 0 radical (unpaired) electrons. The van der Waals surface area contributed by atoms with E-state index in [-0.39, 0.29) is 24.4 Å². The molecule has 1 atom stereocenters. The van der Waals surface area contributed by atoms with Crippen molar-refractivity contribution < 1.29 is 18.8 Å². The maximum absolute atomic E-state index is 13.9. The first-order valence-electron chi connectivity index (χ1n) is 14.9. The number of nitrogens with zero attached hydrogens (tertiary/aromatic N) is 3. The molecule has 2 aliphatic heterocycles. The van der Waals surface area contributed by atoms with Crippen molar-refractivity contribution in [1.29, 1.82) is 0 Å². The number of rotatable bonds is 9. The zero-order valence-electron chi connectivity index (χ0n) is 25.2. The number of urea groups is 2. The second-order valence-corrected chi connectivity index (χ2v) is 11.7. The molecule has 12 heteroatoms. The molecule has 2 aromatic carbocycles. The highest BCUT2D eigenvalue weighted by Gasteiger charge is 2.43. The highest BCUT2D eigenvalue weighted by Crippen LogP contribution is 2.39. The molecule has 1 spiro atoms. The number of anilines is 1. The number of carbonyl (C=O) groups is 3. The van der Waals surface area contributed by atoms with Crippen molar-refractivity contribution in [2.75, 3.05) is 45.1 Å². The molecule has 3 heterocycles. The van der Waals surface area contributed by atoms with Crippen molar-refractivity contribution in [1.82, 2.24) is 30.3 Å². The van der Waals surface area contributed by atoms with Crippen molar-refractivity contribution in [3.63, 3.8) is 0 Å². The third-order valence-corrected chi connectivity index (χ3v) is 8.77. The molecule has 0 saturated carbocycles. The maximum Gasteiger partial charge on any atom is 0.417 e. The van der Waals surface area contributed by atoms with Crippen molar-refractivity contribution >= 4 is 34.8 Å². The zero-order valence-corrected chi connectivity index (χ0v) is 25.2. The average Bonchev–Trinajstić information content (AvgIpc) is 3.36. The lowest BCUT2D eigenvalue weighted by molar-refractivity contribution is -0.133. The minimum absolute atomic E-state index is 0.170. The number of piperidine rings is 1. The smallest absolute Gasteiger partial charge is 0.408 e. The van der Waals surface area contributed by atoms with Gasteiger partial charge in [0, 0.05) is 56.4 Å². The fraction of sp³-hybridized carbons (Fsp3) is 0.484. The number of para-hydroxylation sites is 1. The minimum Gasteiger partial charge on any atom is -0.408 e. The van der Waals surface area contributed by atoms with Crippen LogP contribution in [0.15, 0.2) is 51.7 Å². The van der Waals surface area contributed by atoms with Gasteiger partial charge >= 0.3 is 17.8 Å². The lowest BCUT2D eigenvalue weighted by Gasteiger charge is -2.45. The number of hydrogen-bond donors (Lipinski definition) is 4. The van der Waals surface area contributed by atoms with Crippen LogP contribution >= 0.6 is 0 Å². The van der Waals surface area contributed by atoms with Crippen LogP contribution in [0.3, 0.4) is 0 Å². The summed E-state index contributed by atoms with van der Waals surface area (Å²) in [4.78, 5) is 59.9. The number of carbonyl (C=O) groups excluding carboxylic acids is 3. The Balaban J connectivity index is 1.32. The molecule has 3 aromatic rings. The summed E-state index contributed by atoms with van der Waals surface area (Å²) in [6.07, 6.45) is 1.34. The number of amides is 5. The largest absolute Gasteiger partial charge is 0.417 e. The van der Waals surface area contributed by atoms with Crippen molar-refractivity contribution in [2.45, 2.75) is 57.7 Å². The lowest BCUT2D eigenvalue weighted by atomic mass is 9.79. The van der Waals surface area contributed by atoms with E-state index in [4.69, 9.17) is 4.42 Å². The number of likely N-dealkylation sites (N-methyl/N-ethyl adjacent to an activating group) is 2.